The van der Waals surface area contributed by atoms with Gasteiger partial charge >= 0.3 is 0 Å². The first-order valence-corrected chi connectivity index (χ1v) is 15.5. The molecule has 4 aromatic carbocycles. The van der Waals surface area contributed by atoms with Crippen LogP contribution in [0.3, 0.4) is 0 Å². The summed E-state index contributed by atoms with van der Waals surface area (Å²) in [6.45, 7) is 0.766. The molecule has 0 spiro atoms. The minimum absolute atomic E-state index is 0.0676. The van der Waals surface area contributed by atoms with Crippen molar-refractivity contribution in [1.82, 2.24) is 5.32 Å². The average molecular weight is 713 g/mol. The summed E-state index contributed by atoms with van der Waals surface area (Å²) in [5.41, 5.74) is 2.00. The number of carbonyl (C=O) groups is 1. The number of halogens is 3. The summed E-state index contributed by atoms with van der Waals surface area (Å²) in [4.78, 5) is 19.5. The molecule has 0 aliphatic carbocycles. The van der Waals surface area contributed by atoms with Crippen LogP contribution in [-0.4, -0.2) is 35.7 Å². The molecule has 216 valence electrons. The van der Waals surface area contributed by atoms with E-state index in [4.69, 9.17) is 31.2 Å². The lowest BCUT2D eigenvalue weighted by molar-refractivity contribution is -0.129. The molecule has 1 amide bonds. The number of hydrogen-bond donors (Lipinski definition) is 2. The molecule has 6 nitrogen and oxygen atoms in total. The minimum Gasteiger partial charge on any atom is -0.494 e. The lowest BCUT2D eigenvalue weighted by Gasteiger charge is -2.31. The molecule has 0 aromatic heterocycles. The zero-order valence-electron chi connectivity index (χ0n) is 22.6. The first-order chi connectivity index (χ1) is 20.4. The Balaban J connectivity index is 1.57. The maximum absolute atomic E-state index is 14.4. The Morgan fingerprint density at radius 3 is 2.43 bits per heavy atom. The molecule has 9 heteroatoms. The Morgan fingerprint density at radius 2 is 1.71 bits per heavy atom. The molecule has 0 radical (unpaired) electrons. The lowest BCUT2D eigenvalue weighted by atomic mass is 9.82. The standard InChI is InChI=1S/C33H29Br2ClN2O4/c34-28-11-3-1-8-24(28)20-33(32(40)37-21-22-7-5-9-25(36)19-22)30(27-10-2-4-12-29(27)35)42-31(38-33)23-13-15-26(16-14-23)41-18-6-17-39/h1-5,7-16,19,30,39H,6,17-18,20-21H2,(H,37,40)/t30-,33-/m1/s1. The lowest BCUT2D eigenvalue weighted by Crippen LogP contribution is -2.49. The average Bonchev–Trinajstić information content (AvgIpc) is 3.38. The quantitative estimate of drug-likeness (QED) is 0.159. The van der Waals surface area contributed by atoms with Gasteiger partial charge in [-0.25, -0.2) is 4.99 Å². The first kappa shape index (κ1) is 30.3. The van der Waals surface area contributed by atoms with Gasteiger partial charge in [-0.15, -0.1) is 0 Å². The number of aliphatic hydroxyl groups is 1. The highest BCUT2D eigenvalue weighted by atomic mass is 79.9. The topological polar surface area (TPSA) is 80.2 Å². The number of nitrogens with one attached hydrogen (secondary N) is 1. The third-order valence-electron chi connectivity index (χ3n) is 6.98. The number of rotatable bonds is 11. The van der Waals surface area contributed by atoms with Crippen LogP contribution in [0, 0.1) is 0 Å². The molecule has 0 bridgehead atoms. The molecule has 0 unspecified atom stereocenters. The van der Waals surface area contributed by atoms with E-state index in [9.17, 15) is 4.79 Å². The van der Waals surface area contributed by atoms with Crippen molar-refractivity contribution in [3.8, 4) is 5.75 Å². The molecule has 1 aliphatic rings. The third-order valence-corrected chi connectivity index (χ3v) is 8.71. The van der Waals surface area contributed by atoms with E-state index in [1.807, 2.05) is 91.0 Å². The van der Waals surface area contributed by atoms with Gasteiger partial charge in [0.2, 0.25) is 5.90 Å². The zero-order valence-corrected chi connectivity index (χ0v) is 26.5. The molecule has 4 aromatic rings. The van der Waals surface area contributed by atoms with Gasteiger partial charge in [0.1, 0.15) is 5.75 Å². The number of ether oxygens (including phenoxy) is 2. The van der Waals surface area contributed by atoms with Gasteiger partial charge in [0.25, 0.3) is 5.91 Å². The van der Waals surface area contributed by atoms with E-state index in [-0.39, 0.29) is 25.5 Å². The molecule has 0 saturated carbocycles. The van der Waals surface area contributed by atoms with Crippen molar-refractivity contribution < 1.29 is 19.4 Å². The molecular formula is C33H29Br2ClN2O4. The normalized spacial score (nSPS) is 17.8. The van der Waals surface area contributed by atoms with Crippen LogP contribution in [0.15, 0.2) is 111 Å². The highest BCUT2D eigenvalue weighted by Crippen LogP contribution is 2.45. The second-order valence-electron chi connectivity index (χ2n) is 9.89. The molecule has 2 N–H and O–H groups in total. The Labute approximate surface area is 267 Å². The van der Waals surface area contributed by atoms with Crippen LogP contribution >= 0.6 is 43.5 Å². The largest absolute Gasteiger partial charge is 0.494 e. The molecule has 0 fully saturated rings. The Morgan fingerprint density at radius 1 is 0.976 bits per heavy atom. The molecule has 1 aliphatic heterocycles. The number of hydrogen-bond acceptors (Lipinski definition) is 5. The van der Waals surface area contributed by atoms with Crippen LogP contribution in [-0.2, 0) is 22.5 Å². The van der Waals surface area contributed by atoms with Gasteiger partial charge in [0.05, 0.1) is 6.61 Å². The summed E-state index contributed by atoms with van der Waals surface area (Å²) in [6, 6.07) is 30.4. The molecule has 2 atom stereocenters. The van der Waals surface area contributed by atoms with E-state index in [2.05, 4.69) is 37.2 Å². The van der Waals surface area contributed by atoms with E-state index in [1.165, 1.54) is 0 Å². The van der Waals surface area contributed by atoms with Gasteiger partial charge < -0.3 is 19.9 Å². The first-order valence-electron chi connectivity index (χ1n) is 13.5. The molecule has 5 rings (SSSR count). The number of aliphatic hydroxyl groups excluding tert-OH is 1. The second-order valence-corrected chi connectivity index (χ2v) is 12.0. The summed E-state index contributed by atoms with van der Waals surface area (Å²) in [7, 11) is 0. The summed E-state index contributed by atoms with van der Waals surface area (Å²) in [6.07, 6.45) is 0.107. The number of nitrogens with zero attached hydrogens (tertiary/aromatic N) is 1. The summed E-state index contributed by atoms with van der Waals surface area (Å²) in [5, 5.41) is 12.8. The predicted octanol–water partition coefficient (Wildman–Crippen LogP) is 7.44. The van der Waals surface area contributed by atoms with E-state index < -0.39 is 11.6 Å². The molecule has 0 saturated heterocycles. The molecule has 1 heterocycles. The van der Waals surface area contributed by atoms with Crippen LogP contribution in [0.25, 0.3) is 0 Å². The van der Waals surface area contributed by atoms with Crippen molar-refractivity contribution in [2.24, 2.45) is 4.99 Å². The monoisotopic (exact) mass is 710 g/mol. The number of aliphatic imine (C=N–C) groups is 1. The van der Waals surface area contributed by atoms with Crippen LogP contribution in [0.4, 0.5) is 0 Å². The summed E-state index contributed by atoms with van der Waals surface area (Å²) in [5.74, 6) is 0.771. The Hall–Kier alpha value is -3.17. The van der Waals surface area contributed by atoms with Gasteiger partial charge in [-0.2, -0.15) is 0 Å². The van der Waals surface area contributed by atoms with Crippen LogP contribution < -0.4 is 10.1 Å². The highest BCUT2D eigenvalue weighted by Gasteiger charge is 2.54. The fourth-order valence-corrected chi connectivity index (χ4v) is 5.99. The SMILES string of the molecule is O=C(NCc1cccc(Cl)c1)[C@]1(Cc2ccccc2Br)N=C(c2ccc(OCCCO)cc2)O[C@@H]1c1ccccc1Br. The maximum Gasteiger partial charge on any atom is 0.252 e. The van der Waals surface area contributed by atoms with Crippen LogP contribution in [0.5, 0.6) is 5.75 Å². The van der Waals surface area contributed by atoms with Crippen molar-refractivity contribution in [3.63, 3.8) is 0 Å². The minimum atomic E-state index is -1.34. The van der Waals surface area contributed by atoms with Gasteiger partial charge in [-0.05, 0) is 59.7 Å². The van der Waals surface area contributed by atoms with Crippen molar-refractivity contribution in [1.29, 1.82) is 0 Å². The van der Waals surface area contributed by atoms with Gasteiger partial charge in [-0.1, -0.05) is 92.0 Å². The van der Waals surface area contributed by atoms with E-state index >= 15 is 0 Å². The third kappa shape index (κ3) is 6.89. The van der Waals surface area contributed by atoms with Gasteiger partial charge in [-0.3, -0.25) is 4.79 Å². The predicted molar refractivity (Wildman–Crippen MR) is 172 cm³/mol. The Kier molecular flexibility index (Phi) is 10.0. The van der Waals surface area contributed by atoms with Crippen LogP contribution in [0.1, 0.15) is 34.8 Å². The number of carbonyl (C=O) groups excluding carboxylic acids is 1. The highest BCUT2D eigenvalue weighted by molar-refractivity contribution is 9.10. The second kappa shape index (κ2) is 13.9. The van der Waals surface area contributed by atoms with E-state index in [1.54, 1.807) is 6.07 Å². The van der Waals surface area contributed by atoms with Crippen molar-refractivity contribution in [2.75, 3.05) is 13.2 Å². The van der Waals surface area contributed by atoms with Gasteiger partial charge in [0, 0.05) is 51.1 Å². The van der Waals surface area contributed by atoms with Crippen LogP contribution in [0.2, 0.25) is 5.02 Å². The fourth-order valence-electron chi connectivity index (χ4n) is 4.86. The Bertz CT molecular complexity index is 1580. The summed E-state index contributed by atoms with van der Waals surface area (Å²) < 4.78 is 14.0. The number of benzene rings is 4. The zero-order chi connectivity index (χ0) is 29.5. The van der Waals surface area contributed by atoms with Crippen molar-refractivity contribution in [3.05, 3.63) is 133 Å². The van der Waals surface area contributed by atoms with E-state index in [0.29, 0.717) is 29.7 Å². The fraction of sp³-hybridized carbons (Fsp3) is 0.212. The van der Waals surface area contributed by atoms with Crippen molar-refractivity contribution in [2.45, 2.75) is 31.0 Å². The molecular weight excluding hydrogens is 684 g/mol. The van der Waals surface area contributed by atoms with E-state index in [0.717, 1.165) is 31.2 Å². The number of amides is 1. The van der Waals surface area contributed by atoms with Gasteiger partial charge in [0.15, 0.2) is 11.6 Å². The maximum atomic E-state index is 14.4. The van der Waals surface area contributed by atoms with Crippen molar-refractivity contribution >= 4 is 55.3 Å². The molecule has 42 heavy (non-hydrogen) atoms. The smallest absolute Gasteiger partial charge is 0.252 e. The summed E-state index contributed by atoms with van der Waals surface area (Å²) >= 11 is 13.6.